The van der Waals surface area contributed by atoms with Gasteiger partial charge in [-0.3, -0.25) is 0 Å². The predicted molar refractivity (Wildman–Crippen MR) is 173 cm³/mol. The van der Waals surface area contributed by atoms with E-state index in [2.05, 4.69) is 129 Å². The van der Waals surface area contributed by atoms with Crippen LogP contribution in [0.25, 0.3) is 49.4 Å². The summed E-state index contributed by atoms with van der Waals surface area (Å²) in [6.45, 7) is 2.12. The Morgan fingerprint density at radius 3 is 2.07 bits per heavy atom. The first-order valence-corrected chi connectivity index (χ1v) is 14.0. The van der Waals surface area contributed by atoms with Crippen LogP contribution in [0.1, 0.15) is 0 Å². The van der Waals surface area contributed by atoms with Crippen molar-refractivity contribution in [3.05, 3.63) is 165 Å². The molecule has 0 radical (unpaired) electrons. The van der Waals surface area contributed by atoms with E-state index < -0.39 is 0 Å². The summed E-state index contributed by atoms with van der Waals surface area (Å²) in [5, 5.41) is 5.03. The van der Waals surface area contributed by atoms with Gasteiger partial charge in [-0.05, 0) is 64.7 Å². The second-order valence-corrected chi connectivity index (χ2v) is 10.2. The molecule has 3 aromatic heterocycles. The van der Waals surface area contributed by atoms with Gasteiger partial charge in [-0.25, -0.2) is 0 Å². The second kappa shape index (κ2) is 11.4. The number of nitrogens with zero attached hydrogens (tertiary/aromatic N) is 4. The first-order valence-electron chi connectivity index (χ1n) is 14.0. The first kappa shape index (κ1) is 26.9. The quantitative estimate of drug-likeness (QED) is 0.170. The fourth-order valence-electron chi connectivity index (χ4n) is 5.89. The maximum atomic E-state index is 4.22. The molecule has 0 unspecified atom stereocenters. The Morgan fingerprint density at radius 2 is 1.30 bits per heavy atom. The molecule has 9 rings (SSSR count). The molecule has 0 atom stereocenters. The molecule has 0 bridgehead atoms. The Bertz CT molecular complexity index is 2140. The van der Waals surface area contributed by atoms with E-state index in [0.29, 0.717) is 0 Å². The largest absolute Gasteiger partial charge is 3.00 e. The molecule has 0 fully saturated rings. The van der Waals surface area contributed by atoms with E-state index in [1.54, 1.807) is 6.20 Å². The molecule has 0 aliphatic carbocycles. The molecule has 5 heteroatoms. The normalized spacial score (nSPS) is 12.7. The van der Waals surface area contributed by atoms with Gasteiger partial charge in [0.2, 0.25) is 0 Å². The van der Waals surface area contributed by atoms with E-state index in [0.717, 1.165) is 22.6 Å². The van der Waals surface area contributed by atoms with Crippen LogP contribution in [-0.4, -0.2) is 9.38 Å². The van der Waals surface area contributed by atoms with Crippen molar-refractivity contribution in [1.82, 2.24) is 9.38 Å². The van der Waals surface area contributed by atoms with Gasteiger partial charge in [-0.1, -0.05) is 77.8 Å². The van der Waals surface area contributed by atoms with Crippen LogP contribution in [0, 0.1) is 18.8 Å². The van der Waals surface area contributed by atoms with Crippen molar-refractivity contribution in [2.24, 2.45) is 0 Å². The smallest absolute Gasteiger partial charge is 0.499 e. The number of benzene rings is 5. The van der Waals surface area contributed by atoms with Crippen LogP contribution in [0.15, 0.2) is 146 Å². The SMILES string of the molecule is [Ir+3].[c-]1cc2c3ccccc3n3c4ccccc4c(c1N1C=CN(c4ccccc4)[CH-]1)c23.[c-]1ccccc1-c1ccccn1. The van der Waals surface area contributed by atoms with E-state index in [1.165, 1.54) is 38.1 Å². The number of hydrogen-bond donors (Lipinski definition) is 0. The van der Waals surface area contributed by atoms with E-state index >= 15 is 0 Å². The van der Waals surface area contributed by atoms with Crippen molar-refractivity contribution < 1.29 is 20.1 Å². The number of fused-ring (bicyclic) bond motifs is 6. The van der Waals surface area contributed by atoms with E-state index in [-0.39, 0.29) is 20.1 Å². The van der Waals surface area contributed by atoms with E-state index in [9.17, 15) is 0 Å². The van der Waals surface area contributed by atoms with Crippen LogP contribution in [0.5, 0.6) is 0 Å². The van der Waals surface area contributed by atoms with Gasteiger partial charge in [0.25, 0.3) is 0 Å². The van der Waals surface area contributed by atoms with E-state index in [1.807, 2.05) is 48.5 Å². The third-order valence-electron chi connectivity index (χ3n) is 7.75. The summed E-state index contributed by atoms with van der Waals surface area (Å²) in [5.74, 6) is 0. The minimum atomic E-state index is 0. The van der Waals surface area contributed by atoms with Crippen molar-refractivity contribution in [3.8, 4) is 11.3 Å². The molecule has 1 aliphatic rings. The van der Waals surface area contributed by atoms with Crippen molar-refractivity contribution >= 4 is 49.5 Å². The number of hydrogen-bond acceptors (Lipinski definition) is 3. The van der Waals surface area contributed by atoms with Crippen LogP contribution in [0.4, 0.5) is 11.4 Å². The third kappa shape index (κ3) is 4.64. The minimum Gasteiger partial charge on any atom is -0.499 e. The predicted octanol–water partition coefficient (Wildman–Crippen LogP) is 9.10. The summed E-state index contributed by atoms with van der Waals surface area (Å²) in [7, 11) is 0. The Morgan fingerprint density at radius 1 is 0.605 bits per heavy atom. The fraction of sp³-hybridized carbons (Fsp3) is 0. The molecule has 0 N–H and O–H groups in total. The Hall–Kier alpha value is -4.96. The van der Waals surface area contributed by atoms with Gasteiger partial charge in [0.05, 0.1) is 0 Å². The zero-order valence-electron chi connectivity index (χ0n) is 23.1. The fourth-order valence-corrected chi connectivity index (χ4v) is 5.89. The van der Waals surface area contributed by atoms with Crippen molar-refractivity contribution in [1.29, 1.82) is 0 Å². The molecule has 0 amide bonds. The summed E-state index contributed by atoms with van der Waals surface area (Å²) >= 11 is 0. The van der Waals surface area contributed by atoms with Crippen LogP contribution >= 0.6 is 0 Å². The minimum absolute atomic E-state index is 0. The maximum Gasteiger partial charge on any atom is 3.00 e. The Kier molecular flexibility index (Phi) is 7.12. The average molecular weight is 730 g/mol. The monoisotopic (exact) mass is 730 g/mol. The van der Waals surface area contributed by atoms with Crippen molar-refractivity contribution in [3.63, 3.8) is 0 Å². The van der Waals surface area contributed by atoms with Gasteiger partial charge in [-0.15, -0.1) is 48.0 Å². The number of pyridine rings is 1. The first-order chi connectivity index (χ1) is 20.9. The number of anilines is 2. The average Bonchev–Trinajstić information content (AvgIpc) is 3.79. The molecule has 43 heavy (non-hydrogen) atoms. The zero-order chi connectivity index (χ0) is 27.9. The van der Waals surface area contributed by atoms with E-state index in [4.69, 9.17) is 0 Å². The van der Waals surface area contributed by atoms with Gasteiger partial charge in [0.1, 0.15) is 0 Å². The molecule has 206 valence electrons. The second-order valence-electron chi connectivity index (χ2n) is 10.2. The number of aromatic nitrogens is 2. The standard InChI is InChI=1S/C27H17N3.C11H8N.Ir/c1-2-8-19(9-3-1)28-16-17-29(18-28)25-15-14-21-20-10-4-6-12-23(20)30-24-13-7-5-11-22(24)26(25)27(21)30;1-2-6-10(7-3-1)11-8-4-5-9-12-11;/h1-14,16-18H;1-6,8-9H;/q-2;-1;+3. The summed E-state index contributed by atoms with van der Waals surface area (Å²) < 4.78 is 2.40. The van der Waals surface area contributed by atoms with Gasteiger partial charge in [0, 0.05) is 22.9 Å². The van der Waals surface area contributed by atoms with Gasteiger partial charge in [-0.2, -0.15) is 12.1 Å². The summed E-state index contributed by atoms with van der Waals surface area (Å²) in [6.07, 6.45) is 5.99. The zero-order valence-corrected chi connectivity index (χ0v) is 25.5. The molecular formula is C38H25IrN4. The Labute approximate surface area is 263 Å². The Balaban J connectivity index is 0.000000195. The molecule has 4 heterocycles. The summed E-state index contributed by atoms with van der Waals surface area (Å²) in [6, 6.07) is 50.3. The topological polar surface area (TPSA) is 23.8 Å². The van der Waals surface area contributed by atoms with Crippen LogP contribution in [0.3, 0.4) is 0 Å². The van der Waals surface area contributed by atoms with Gasteiger partial charge >= 0.3 is 20.1 Å². The molecule has 0 spiro atoms. The number of para-hydroxylation sites is 3. The molecule has 5 aromatic carbocycles. The summed E-state index contributed by atoms with van der Waals surface area (Å²) in [4.78, 5) is 8.53. The van der Waals surface area contributed by atoms with Crippen LogP contribution in [0.2, 0.25) is 0 Å². The molecule has 8 aromatic rings. The van der Waals surface area contributed by atoms with Crippen LogP contribution < -0.4 is 9.80 Å². The third-order valence-corrected chi connectivity index (χ3v) is 7.75. The van der Waals surface area contributed by atoms with Crippen LogP contribution in [-0.2, 0) is 20.1 Å². The molecule has 4 nitrogen and oxygen atoms in total. The molecular weight excluding hydrogens is 705 g/mol. The van der Waals surface area contributed by atoms with Gasteiger partial charge < -0.3 is 19.2 Å². The van der Waals surface area contributed by atoms with Crippen molar-refractivity contribution in [2.45, 2.75) is 0 Å². The number of rotatable bonds is 3. The summed E-state index contributed by atoms with van der Waals surface area (Å²) in [5.41, 5.74) is 7.98. The maximum absolute atomic E-state index is 4.22. The molecule has 1 aliphatic heterocycles. The molecule has 0 saturated carbocycles. The van der Waals surface area contributed by atoms with Crippen molar-refractivity contribution in [2.75, 3.05) is 9.80 Å². The van der Waals surface area contributed by atoms with Gasteiger partial charge in [0.15, 0.2) is 0 Å². The molecule has 0 saturated heterocycles.